The van der Waals surface area contributed by atoms with Gasteiger partial charge in [0.05, 0.1) is 25.1 Å². The van der Waals surface area contributed by atoms with Crippen molar-refractivity contribution >= 4 is 23.1 Å². The predicted octanol–water partition coefficient (Wildman–Crippen LogP) is 3.35. The third kappa shape index (κ3) is 4.60. The van der Waals surface area contributed by atoms with Crippen LogP contribution in [0, 0.1) is 0 Å². The summed E-state index contributed by atoms with van der Waals surface area (Å²) in [7, 11) is 0. The molecule has 2 amide bonds. The number of benzene rings is 1. The summed E-state index contributed by atoms with van der Waals surface area (Å²) in [6.45, 7) is 1.69. The number of carbonyl (C=O) groups excluding carboxylic acids is 1. The second kappa shape index (κ2) is 8.16. The smallest absolute Gasteiger partial charge is 0.319 e. The van der Waals surface area contributed by atoms with Gasteiger partial charge in [-0.3, -0.25) is 0 Å². The minimum atomic E-state index is -0.256. The van der Waals surface area contributed by atoms with E-state index >= 15 is 0 Å². The molecule has 24 heavy (non-hydrogen) atoms. The zero-order valence-electron chi connectivity index (χ0n) is 13.0. The number of ether oxygens (including phenoxy) is 1. The van der Waals surface area contributed by atoms with E-state index in [1.54, 1.807) is 23.9 Å². The Kier molecular flexibility index (Phi) is 5.47. The molecule has 0 fully saturated rings. The number of para-hydroxylation sites is 2. The van der Waals surface area contributed by atoms with Crippen LogP contribution < -0.4 is 15.4 Å². The molecule has 0 atom stereocenters. The molecule has 3 aromatic rings. The van der Waals surface area contributed by atoms with Gasteiger partial charge in [0.2, 0.25) is 0 Å². The predicted molar refractivity (Wildman–Crippen MR) is 94.3 cm³/mol. The lowest BCUT2D eigenvalue weighted by molar-refractivity contribution is 0.251. The number of carbonyl (C=O) groups is 1. The van der Waals surface area contributed by atoms with Crippen LogP contribution in [0.15, 0.2) is 60.5 Å². The van der Waals surface area contributed by atoms with Gasteiger partial charge in [-0.1, -0.05) is 18.2 Å². The number of thiophene rings is 1. The molecule has 124 valence electrons. The lowest BCUT2D eigenvalue weighted by Gasteiger charge is -2.13. The summed E-state index contributed by atoms with van der Waals surface area (Å²) >= 11 is 1.61. The van der Waals surface area contributed by atoms with Gasteiger partial charge in [-0.2, -0.15) is 0 Å². The number of urea groups is 1. The quantitative estimate of drug-likeness (QED) is 0.692. The summed E-state index contributed by atoms with van der Waals surface area (Å²) in [6.07, 6.45) is 5.35. The first-order valence-electron chi connectivity index (χ1n) is 7.56. The molecule has 6 nitrogen and oxygen atoms in total. The standard InChI is InChI=1S/C17H18N4O2S/c22-17(19-12-14-4-3-11-24-14)20-15-5-1-2-6-16(15)23-10-9-21-8-7-18-13-21/h1-8,11,13H,9-10,12H2,(H2,19,20,22). The summed E-state index contributed by atoms with van der Waals surface area (Å²) < 4.78 is 7.71. The molecule has 7 heteroatoms. The molecule has 2 aromatic heterocycles. The van der Waals surface area contributed by atoms with Gasteiger partial charge in [0.25, 0.3) is 0 Å². The summed E-state index contributed by atoms with van der Waals surface area (Å²) in [6, 6.07) is 11.1. The van der Waals surface area contributed by atoms with Crippen LogP contribution in [0.5, 0.6) is 5.75 Å². The van der Waals surface area contributed by atoms with E-state index in [2.05, 4.69) is 15.6 Å². The molecule has 3 rings (SSSR count). The second-order valence-corrected chi connectivity index (χ2v) is 6.06. The van der Waals surface area contributed by atoms with Gasteiger partial charge in [0.1, 0.15) is 12.4 Å². The number of amides is 2. The molecule has 0 aliphatic rings. The maximum atomic E-state index is 12.0. The van der Waals surface area contributed by atoms with Crippen molar-refractivity contribution in [2.24, 2.45) is 0 Å². The molecule has 0 bridgehead atoms. The van der Waals surface area contributed by atoms with Crippen molar-refractivity contribution in [3.05, 3.63) is 65.4 Å². The summed E-state index contributed by atoms with van der Waals surface area (Å²) in [5, 5.41) is 7.64. The Morgan fingerprint density at radius 3 is 2.96 bits per heavy atom. The molecule has 2 heterocycles. The number of imidazole rings is 1. The van der Waals surface area contributed by atoms with E-state index in [9.17, 15) is 4.79 Å². The first kappa shape index (κ1) is 16.1. The Bertz CT molecular complexity index is 757. The Balaban J connectivity index is 1.52. The number of nitrogens with zero attached hydrogens (tertiary/aromatic N) is 2. The Labute approximate surface area is 144 Å². The van der Waals surface area contributed by atoms with Crippen LogP contribution in [0.1, 0.15) is 4.88 Å². The van der Waals surface area contributed by atoms with Crippen LogP contribution in [0.3, 0.4) is 0 Å². The van der Waals surface area contributed by atoms with E-state index in [-0.39, 0.29) is 6.03 Å². The summed E-state index contributed by atoms with van der Waals surface area (Å²) in [5.74, 6) is 0.642. The van der Waals surface area contributed by atoms with Gasteiger partial charge < -0.3 is 19.9 Å². The Morgan fingerprint density at radius 2 is 2.17 bits per heavy atom. The molecule has 0 unspecified atom stereocenters. The van der Waals surface area contributed by atoms with Crippen LogP contribution >= 0.6 is 11.3 Å². The topological polar surface area (TPSA) is 68.2 Å². The molecular formula is C17H18N4O2S. The van der Waals surface area contributed by atoms with Crippen molar-refractivity contribution in [1.82, 2.24) is 14.9 Å². The van der Waals surface area contributed by atoms with E-state index in [1.165, 1.54) is 0 Å². The van der Waals surface area contributed by atoms with Crippen molar-refractivity contribution in [2.45, 2.75) is 13.1 Å². The molecule has 0 saturated carbocycles. The highest BCUT2D eigenvalue weighted by atomic mass is 32.1. The molecular weight excluding hydrogens is 324 g/mol. The lowest BCUT2D eigenvalue weighted by atomic mass is 10.3. The molecule has 0 saturated heterocycles. The molecule has 0 radical (unpaired) electrons. The summed E-state index contributed by atoms with van der Waals surface area (Å²) in [4.78, 5) is 17.1. The first-order valence-corrected chi connectivity index (χ1v) is 8.44. The average Bonchev–Trinajstić information content (AvgIpc) is 3.28. The van der Waals surface area contributed by atoms with Crippen molar-refractivity contribution in [3.8, 4) is 5.75 Å². The number of hydrogen-bond donors (Lipinski definition) is 2. The van der Waals surface area contributed by atoms with Crippen LogP contribution in [0.25, 0.3) is 0 Å². The van der Waals surface area contributed by atoms with Gasteiger partial charge in [0, 0.05) is 17.3 Å². The van der Waals surface area contributed by atoms with E-state index < -0.39 is 0 Å². The Hall–Kier alpha value is -2.80. The molecule has 0 aliphatic carbocycles. The molecule has 0 aliphatic heterocycles. The largest absolute Gasteiger partial charge is 0.490 e. The van der Waals surface area contributed by atoms with E-state index in [0.29, 0.717) is 31.1 Å². The highest BCUT2D eigenvalue weighted by Crippen LogP contribution is 2.23. The Morgan fingerprint density at radius 1 is 1.25 bits per heavy atom. The molecule has 2 N–H and O–H groups in total. The number of aromatic nitrogens is 2. The van der Waals surface area contributed by atoms with Crippen LogP contribution in [-0.2, 0) is 13.1 Å². The fraction of sp³-hybridized carbons (Fsp3) is 0.176. The molecule has 1 aromatic carbocycles. The maximum Gasteiger partial charge on any atom is 0.319 e. The summed E-state index contributed by atoms with van der Waals surface area (Å²) in [5.41, 5.74) is 0.645. The van der Waals surface area contributed by atoms with Crippen LogP contribution in [0.2, 0.25) is 0 Å². The fourth-order valence-corrected chi connectivity index (χ4v) is 2.77. The van der Waals surface area contributed by atoms with Gasteiger partial charge in [-0.25, -0.2) is 9.78 Å². The SMILES string of the molecule is O=C(NCc1cccs1)Nc1ccccc1OCCn1ccnc1. The van der Waals surface area contributed by atoms with Crippen LogP contribution in [-0.4, -0.2) is 22.2 Å². The van der Waals surface area contributed by atoms with Gasteiger partial charge in [-0.05, 0) is 23.6 Å². The minimum absolute atomic E-state index is 0.256. The molecule has 0 spiro atoms. The lowest BCUT2D eigenvalue weighted by Crippen LogP contribution is -2.28. The zero-order valence-corrected chi connectivity index (χ0v) is 13.8. The highest BCUT2D eigenvalue weighted by molar-refractivity contribution is 7.09. The maximum absolute atomic E-state index is 12.0. The third-order valence-electron chi connectivity index (χ3n) is 3.30. The first-order chi connectivity index (χ1) is 11.8. The highest BCUT2D eigenvalue weighted by Gasteiger charge is 2.07. The number of rotatable bonds is 7. The van der Waals surface area contributed by atoms with Crippen LogP contribution in [0.4, 0.5) is 10.5 Å². The average molecular weight is 342 g/mol. The van der Waals surface area contributed by atoms with Crippen molar-refractivity contribution in [1.29, 1.82) is 0 Å². The number of anilines is 1. The number of nitrogens with one attached hydrogen (secondary N) is 2. The number of hydrogen-bond acceptors (Lipinski definition) is 4. The van der Waals surface area contributed by atoms with Gasteiger partial charge >= 0.3 is 6.03 Å². The van der Waals surface area contributed by atoms with E-state index in [4.69, 9.17) is 4.74 Å². The second-order valence-electron chi connectivity index (χ2n) is 5.03. The van der Waals surface area contributed by atoms with Gasteiger partial charge in [-0.15, -0.1) is 11.3 Å². The zero-order chi connectivity index (χ0) is 16.6. The fourth-order valence-electron chi connectivity index (χ4n) is 2.12. The van der Waals surface area contributed by atoms with Crippen molar-refractivity contribution in [3.63, 3.8) is 0 Å². The van der Waals surface area contributed by atoms with E-state index in [0.717, 1.165) is 4.88 Å². The third-order valence-corrected chi connectivity index (χ3v) is 4.18. The van der Waals surface area contributed by atoms with E-state index in [1.807, 2.05) is 52.5 Å². The monoisotopic (exact) mass is 342 g/mol. The van der Waals surface area contributed by atoms with Crippen molar-refractivity contribution in [2.75, 3.05) is 11.9 Å². The van der Waals surface area contributed by atoms with Gasteiger partial charge in [0.15, 0.2) is 0 Å². The van der Waals surface area contributed by atoms with Crippen molar-refractivity contribution < 1.29 is 9.53 Å². The normalized spacial score (nSPS) is 10.3. The minimum Gasteiger partial charge on any atom is -0.490 e.